The van der Waals surface area contributed by atoms with Gasteiger partial charge in [0.25, 0.3) is 10.1 Å². The molecule has 0 N–H and O–H groups in total. The van der Waals surface area contributed by atoms with E-state index in [1.165, 1.54) is 11.5 Å². The fourth-order valence-corrected chi connectivity index (χ4v) is 2.83. The predicted molar refractivity (Wildman–Crippen MR) is 83.0 cm³/mol. The van der Waals surface area contributed by atoms with Crippen molar-refractivity contribution in [3.05, 3.63) is 33.9 Å². The Bertz CT molecular complexity index is 706. The van der Waals surface area contributed by atoms with Crippen LogP contribution in [0.15, 0.2) is 29.1 Å². The molecule has 21 heavy (non-hydrogen) atoms. The molecule has 2 rings (SSSR count). The molecule has 5 nitrogen and oxygen atoms in total. The van der Waals surface area contributed by atoms with Crippen molar-refractivity contribution in [3.63, 3.8) is 0 Å². The molecule has 0 amide bonds. The van der Waals surface area contributed by atoms with E-state index in [1.807, 2.05) is 12.1 Å². The third kappa shape index (κ3) is 4.11. The lowest BCUT2D eigenvalue weighted by atomic mass is 10.3. The maximum Gasteiger partial charge on any atom is 0.310 e. The van der Waals surface area contributed by atoms with Crippen molar-refractivity contribution < 1.29 is 14.3 Å². The van der Waals surface area contributed by atoms with E-state index in [-0.39, 0.29) is 11.6 Å². The van der Waals surface area contributed by atoms with E-state index in [1.54, 1.807) is 12.1 Å². The molecule has 2 aromatic rings. The first-order chi connectivity index (χ1) is 9.79. The van der Waals surface area contributed by atoms with Gasteiger partial charge in [0.05, 0.1) is 10.2 Å². The molecule has 1 aromatic heterocycles. The van der Waals surface area contributed by atoms with Gasteiger partial charge >= 0.3 is 10.8 Å². The number of alkyl halides is 3. The van der Waals surface area contributed by atoms with Crippen molar-refractivity contribution in [2.24, 2.45) is 0 Å². The normalized spacial score (nSPS) is 13.3. The predicted octanol–water partition coefficient (Wildman–Crippen LogP) is 3.30. The van der Waals surface area contributed by atoms with Gasteiger partial charge in [0.1, 0.15) is 6.73 Å². The van der Waals surface area contributed by atoms with Crippen LogP contribution in [0.1, 0.15) is 6.92 Å². The third-order valence-electron chi connectivity index (χ3n) is 2.47. The lowest BCUT2D eigenvalue weighted by Gasteiger charge is -2.23. The van der Waals surface area contributed by atoms with Gasteiger partial charge < -0.3 is 9.47 Å². The van der Waals surface area contributed by atoms with Crippen LogP contribution in [0.25, 0.3) is 10.2 Å². The van der Waals surface area contributed by atoms with Crippen LogP contribution in [0.2, 0.25) is 0 Å². The van der Waals surface area contributed by atoms with Crippen LogP contribution in [0.3, 0.4) is 0 Å². The van der Waals surface area contributed by atoms with Gasteiger partial charge in [-0.1, -0.05) is 58.3 Å². The number of carbonyl (C=O) groups excluding carboxylic acids is 1. The molecule has 0 saturated carbocycles. The Labute approximate surface area is 138 Å². The van der Waals surface area contributed by atoms with E-state index < -0.39 is 16.1 Å². The smallest absolute Gasteiger partial charge is 0.310 e. The molecular weight excluding hydrogens is 361 g/mol. The molecule has 0 unspecified atom stereocenters. The summed E-state index contributed by atoms with van der Waals surface area (Å²) in [5.74, 6) is -0.658. The van der Waals surface area contributed by atoms with E-state index in [0.29, 0.717) is 5.52 Å². The van der Waals surface area contributed by atoms with Gasteiger partial charge in [0.2, 0.25) is 0 Å². The number of benzene rings is 1. The van der Waals surface area contributed by atoms with Gasteiger partial charge in [-0.25, -0.2) is 0 Å². The summed E-state index contributed by atoms with van der Waals surface area (Å²) in [4.78, 5) is 22.7. The van der Waals surface area contributed by atoms with Crippen molar-refractivity contribution >= 4 is 62.3 Å². The number of aromatic nitrogens is 1. The summed E-state index contributed by atoms with van der Waals surface area (Å²) in [5, 5.41) is 0. The summed E-state index contributed by atoms with van der Waals surface area (Å²) in [5.41, 5.74) is 0.693. The second-order valence-corrected chi connectivity index (χ2v) is 7.40. The Morgan fingerprint density at radius 1 is 1.38 bits per heavy atom. The first-order valence-electron chi connectivity index (χ1n) is 5.73. The standard InChI is InChI=1S/C12H10Cl3NO4S/c1-7(17)20-10(12(13,14)15)19-6-16-8-4-2-3-5-9(8)21-11(16)18/h2-5,10H,6H2,1H3/t10-/m1/s1. The Balaban J connectivity index is 2.21. The SMILES string of the molecule is CC(=O)O[C@@H](OCn1c(=O)sc2ccccc21)C(Cl)(Cl)Cl. The van der Waals surface area contributed by atoms with Crippen molar-refractivity contribution in [1.29, 1.82) is 0 Å². The summed E-state index contributed by atoms with van der Waals surface area (Å²) in [6, 6.07) is 7.21. The van der Waals surface area contributed by atoms with Gasteiger partial charge in [0, 0.05) is 6.92 Å². The Morgan fingerprint density at radius 2 is 2.05 bits per heavy atom. The summed E-state index contributed by atoms with van der Waals surface area (Å²) in [6.45, 7) is 0.966. The molecule has 1 heterocycles. The number of fused-ring (bicyclic) bond motifs is 1. The molecule has 0 radical (unpaired) electrons. The second kappa shape index (κ2) is 6.54. The number of rotatable bonds is 4. The monoisotopic (exact) mass is 369 g/mol. The van der Waals surface area contributed by atoms with Crippen LogP contribution < -0.4 is 4.87 Å². The average Bonchev–Trinajstić information content (AvgIpc) is 2.68. The zero-order chi connectivity index (χ0) is 15.6. The molecule has 1 aromatic carbocycles. The van der Waals surface area contributed by atoms with Crippen LogP contribution in [-0.4, -0.2) is 20.6 Å². The molecule has 0 aliphatic rings. The maximum absolute atomic E-state index is 11.9. The van der Waals surface area contributed by atoms with Gasteiger partial charge in [-0.05, 0) is 12.1 Å². The summed E-state index contributed by atoms with van der Waals surface area (Å²) in [6.07, 6.45) is -1.41. The molecule has 0 saturated heterocycles. The fraction of sp³-hybridized carbons (Fsp3) is 0.333. The quantitative estimate of drug-likeness (QED) is 0.471. The highest BCUT2D eigenvalue weighted by atomic mass is 35.6. The topological polar surface area (TPSA) is 57.5 Å². The van der Waals surface area contributed by atoms with Gasteiger partial charge in [-0.15, -0.1) is 0 Å². The minimum atomic E-state index is -1.96. The molecule has 1 atom stereocenters. The number of nitrogens with zero attached hydrogens (tertiary/aromatic N) is 1. The Morgan fingerprint density at radius 3 is 2.67 bits per heavy atom. The van der Waals surface area contributed by atoms with E-state index in [0.717, 1.165) is 16.0 Å². The summed E-state index contributed by atoms with van der Waals surface area (Å²) in [7, 11) is 0. The lowest BCUT2D eigenvalue weighted by Crippen LogP contribution is -2.34. The van der Waals surface area contributed by atoms with Gasteiger partial charge in [-0.3, -0.25) is 14.2 Å². The highest BCUT2D eigenvalue weighted by Gasteiger charge is 2.36. The zero-order valence-electron chi connectivity index (χ0n) is 10.7. The van der Waals surface area contributed by atoms with Crippen molar-refractivity contribution in [1.82, 2.24) is 4.57 Å². The van der Waals surface area contributed by atoms with E-state index in [4.69, 9.17) is 44.3 Å². The van der Waals surface area contributed by atoms with Crippen LogP contribution in [-0.2, 0) is 21.0 Å². The molecule has 0 aliphatic heterocycles. The molecule has 0 bridgehead atoms. The van der Waals surface area contributed by atoms with Crippen LogP contribution in [0.5, 0.6) is 0 Å². The minimum Gasteiger partial charge on any atom is -0.431 e. The number of para-hydroxylation sites is 1. The highest BCUT2D eigenvalue weighted by Crippen LogP contribution is 2.33. The molecule has 114 valence electrons. The molecule has 0 aliphatic carbocycles. The maximum atomic E-state index is 11.9. The minimum absolute atomic E-state index is 0.200. The number of esters is 1. The highest BCUT2D eigenvalue weighted by molar-refractivity contribution is 7.16. The van der Waals surface area contributed by atoms with E-state index in [9.17, 15) is 9.59 Å². The lowest BCUT2D eigenvalue weighted by molar-refractivity contribution is -0.182. The van der Waals surface area contributed by atoms with E-state index in [2.05, 4.69) is 0 Å². The van der Waals surface area contributed by atoms with Crippen LogP contribution in [0, 0.1) is 0 Å². The van der Waals surface area contributed by atoms with Gasteiger partial charge in [-0.2, -0.15) is 0 Å². The number of ether oxygens (including phenoxy) is 2. The van der Waals surface area contributed by atoms with Gasteiger partial charge in [0.15, 0.2) is 0 Å². The fourth-order valence-electron chi connectivity index (χ4n) is 1.62. The molecule has 0 spiro atoms. The second-order valence-electron chi connectivity index (χ2n) is 4.04. The first kappa shape index (κ1) is 16.6. The van der Waals surface area contributed by atoms with E-state index >= 15 is 0 Å². The van der Waals surface area contributed by atoms with Crippen molar-refractivity contribution in [2.45, 2.75) is 23.7 Å². The summed E-state index contributed by atoms with van der Waals surface area (Å²) >= 11 is 18.1. The molecule has 0 fully saturated rings. The number of hydrogen-bond donors (Lipinski definition) is 0. The summed E-state index contributed by atoms with van der Waals surface area (Å²) < 4.78 is 10.3. The Hall–Kier alpha value is -0.790. The number of thiazole rings is 1. The average molecular weight is 371 g/mol. The molecular formula is C12H10Cl3NO4S. The number of hydrogen-bond acceptors (Lipinski definition) is 5. The largest absolute Gasteiger partial charge is 0.431 e. The number of halogens is 3. The van der Waals surface area contributed by atoms with Crippen LogP contribution in [0.4, 0.5) is 0 Å². The first-order valence-corrected chi connectivity index (χ1v) is 7.68. The van der Waals surface area contributed by atoms with Crippen LogP contribution >= 0.6 is 46.1 Å². The molecule has 9 heteroatoms. The van der Waals surface area contributed by atoms with Crippen molar-refractivity contribution in [3.8, 4) is 0 Å². The number of carbonyl (C=O) groups is 1. The zero-order valence-corrected chi connectivity index (χ0v) is 13.8. The van der Waals surface area contributed by atoms with Crippen molar-refractivity contribution in [2.75, 3.05) is 0 Å². The third-order valence-corrected chi connectivity index (χ3v) is 3.96. The Kier molecular flexibility index (Phi) is 5.16.